The first-order valence-corrected chi connectivity index (χ1v) is 8.41. The Kier molecular flexibility index (Phi) is 7.83. The van der Waals surface area contributed by atoms with E-state index in [4.69, 9.17) is 4.74 Å². The van der Waals surface area contributed by atoms with E-state index in [0.29, 0.717) is 6.04 Å². The number of aromatic nitrogens is 1. The van der Waals surface area contributed by atoms with Gasteiger partial charge in [-0.15, -0.1) is 0 Å². The van der Waals surface area contributed by atoms with E-state index in [0.717, 1.165) is 44.3 Å². The smallest absolute Gasteiger partial charge is 0.191 e. The van der Waals surface area contributed by atoms with Crippen molar-refractivity contribution in [2.24, 2.45) is 4.99 Å². The zero-order valence-corrected chi connectivity index (χ0v) is 14.3. The van der Waals surface area contributed by atoms with Crippen LogP contribution < -0.4 is 10.6 Å². The van der Waals surface area contributed by atoms with Crippen LogP contribution in [0.5, 0.6) is 0 Å². The number of nitrogens with zero attached hydrogens (tertiary/aromatic N) is 3. The van der Waals surface area contributed by atoms with Crippen molar-refractivity contribution in [2.75, 3.05) is 46.9 Å². The van der Waals surface area contributed by atoms with Gasteiger partial charge in [-0.2, -0.15) is 0 Å². The molecule has 1 aromatic heterocycles. The number of rotatable bonds is 8. The third kappa shape index (κ3) is 6.15. The Bertz CT molecular complexity index is 465. The molecule has 6 heteroatoms. The fraction of sp³-hybridized carbons (Fsp3) is 0.647. The van der Waals surface area contributed by atoms with Crippen molar-refractivity contribution in [2.45, 2.75) is 25.3 Å². The number of aliphatic imine (C=N–C) groups is 1. The molecule has 23 heavy (non-hydrogen) atoms. The van der Waals surface area contributed by atoms with E-state index < -0.39 is 0 Å². The van der Waals surface area contributed by atoms with Crippen LogP contribution in [0.2, 0.25) is 0 Å². The molecule has 2 N–H and O–H groups in total. The quantitative estimate of drug-likeness (QED) is 0.551. The fourth-order valence-corrected chi connectivity index (χ4v) is 2.92. The maximum absolute atomic E-state index is 5.19. The lowest BCUT2D eigenvalue weighted by atomic mass is 10.2. The third-order valence-electron chi connectivity index (χ3n) is 4.21. The van der Waals surface area contributed by atoms with Crippen molar-refractivity contribution in [3.8, 4) is 0 Å². The molecule has 6 nitrogen and oxygen atoms in total. The summed E-state index contributed by atoms with van der Waals surface area (Å²) < 4.78 is 5.19. The van der Waals surface area contributed by atoms with Crippen LogP contribution in [0, 0.1) is 0 Å². The van der Waals surface area contributed by atoms with E-state index in [1.807, 2.05) is 31.4 Å². The molecule has 128 valence electrons. The van der Waals surface area contributed by atoms with Gasteiger partial charge in [-0.05, 0) is 31.5 Å². The predicted molar refractivity (Wildman–Crippen MR) is 93.8 cm³/mol. The first kappa shape index (κ1) is 17.7. The minimum absolute atomic E-state index is 0.569. The van der Waals surface area contributed by atoms with Gasteiger partial charge in [0.15, 0.2) is 5.96 Å². The highest BCUT2D eigenvalue weighted by Crippen LogP contribution is 2.15. The van der Waals surface area contributed by atoms with Crippen molar-refractivity contribution in [1.82, 2.24) is 20.5 Å². The fourth-order valence-electron chi connectivity index (χ4n) is 2.92. The molecule has 1 aliphatic rings. The van der Waals surface area contributed by atoms with Gasteiger partial charge in [0.1, 0.15) is 0 Å². The molecule has 1 saturated heterocycles. The number of hydrogen-bond acceptors (Lipinski definition) is 4. The molecule has 1 unspecified atom stereocenters. The van der Waals surface area contributed by atoms with Crippen LogP contribution in [0.1, 0.15) is 18.5 Å². The van der Waals surface area contributed by atoms with Crippen LogP contribution in [-0.4, -0.2) is 68.8 Å². The summed E-state index contributed by atoms with van der Waals surface area (Å²) in [7, 11) is 3.57. The van der Waals surface area contributed by atoms with E-state index in [9.17, 15) is 0 Å². The molecule has 0 saturated carbocycles. The molecule has 1 fully saturated rings. The largest absolute Gasteiger partial charge is 0.383 e. The van der Waals surface area contributed by atoms with Crippen LogP contribution in [0.4, 0.5) is 0 Å². The molecule has 0 aromatic carbocycles. The standard InChI is InChI=1S/C17H29N5O/c1-18-17(20-10-8-15-6-3-4-9-19-15)21-14-16-7-5-11-22(16)12-13-23-2/h3-4,6,9,16H,5,7-8,10-14H2,1-2H3,(H2,18,20,21). The van der Waals surface area contributed by atoms with E-state index in [-0.39, 0.29) is 0 Å². The molecule has 1 aliphatic heterocycles. The van der Waals surface area contributed by atoms with E-state index >= 15 is 0 Å². The minimum Gasteiger partial charge on any atom is -0.383 e. The number of likely N-dealkylation sites (tertiary alicyclic amines) is 1. The van der Waals surface area contributed by atoms with Gasteiger partial charge < -0.3 is 15.4 Å². The molecule has 0 aliphatic carbocycles. The molecule has 0 spiro atoms. The number of nitrogens with one attached hydrogen (secondary N) is 2. The number of pyridine rings is 1. The van der Waals surface area contributed by atoms with E-state index in [1.54, 1.807) is 7.11 Å². The zero-order chi connectivity index (χ0) is 16.3. The van der Waals surface area contributed by atoms with Crippen LogP contribution in [0.3, 0.4) is 0 Å². The number of guanidine groups is 1. The summed E-state index contributed by atoms with van der Waals surface area (Å²) in [6.45, 7) is 4.73. The van der Waals surface area contributed by atoms with Gasteiger partial charge in [-0.25, -0.2) is 0 Å². The summed E-state index contributed by atoms with van der Waals surface area (Å²) in [6.07, 6.45) is 5.23. The highest BCUT2D eigenvalue weighted by Gasteiger charge is 2.23. The average Bonchev–Trinajstić information content (AvgIpc) is 3.04. The lowest BCUT2D eigenvalue weighted by Crippen LogP contribution is -2.45. The Morgan fingerprint density at radius 1 is 1.43 bits per heavy atom. The van der Waals surface area contributed by atoms with Crippen LogP contribution >= 0.6 is 0 Å². The lowest BCUT2D eigenvalue weighted by molar-refractivity contribution is 0.141. The van der Waals surface area contributed by atoms with E-state index in [2.05, 4.69) is 25.5 Å². The molecule has 1 atom stereocenters. The van der Waals surface area contributed by atoms with Crippen molar-refractivity contribution in [1.29, 1.82) is 0 Å². The van der Waals surface area contributed by atoms with Crippen molar-refractivity contribution in [3.05, 3.63) is 30.1 Å². The van der Waals surface area contributed by atoms with Gasteiger partial charge in [-0.3, -0.25) is 14.9 Å². The van der Waals surface area contributed by atoms with Crippen LogP contribution in [0.15, 0.2) is 29.4 Å². The topological polar surface area (TPSA) is 61.8 Å². The molecule has 1 aromatic rings. The second-order valence-corrected chi connectivity index (χ2v) is 5.78. The summed E-state index contributed by atoms with van der Waals surface area (Å²) >= 11 is 0. The van der Waals surface area contributed by atoms with Gasteiger partial charge in [0, 0.05) is 58.1 Å². The predicted octanol–water partition coefficient (Wildman–Crippen LogP) is 0.900. The first-order chi connectivity index (χ1) is 11.3. The van der Waals surface area contributed by atoms with Crippen molar-refractivity contribution < 1.29 is 4.74 Å². The maximum Gasteiger partial charge on any atom is 0.191 e. The Balaban J connectivity index is 1.68. The Labute approximate surface area is 139 Å². The summed E-state index contributed by atoms with van der Waals surface area (Å²) in [6, 6.07) is 6.57. The maximum atomic E-state index is 5.19. The second-order valence-electron chi connectivity index (χ2n) is 5.78. The van der Waals surface area contributed by atoms with Crippen LogP contribution in [-0.2, 0) is 11.2 Å². The summed E-state index contributed by atoms with van der Waals surface area (Å²) in [4.78, 5) is 11.1. The van der Waals surface area contributed by atoms with Crippen molar-refractivity contribution in [3.63, 3.8) is 0 Å². The molecule has 0 radical (unpaired) electrons. The minimum atomic E-state index is 0.569. The second kappa shape index (κ2) is 10.2. The van der Waals surface area contributed by atoms with Crippen molar-refractivity contribution >= 4 is 5.96 Å². The highest BCUT2D eigenvalue weighted by molar-refractivity contribution is 5.79. The van der Waals surface area contributed by atoms with Gasteiger partial charge in [0.2, 0.25) is 0 Å². The highest BCUT2D eigenvalue weighted by atomic mass is 16.5. The monoisotopic (exact) mass is 319 g/mol. The molecular formula is C17H29N5O. The first-order valence-electron chi connectivity index (χ1n) is 8.41. The van der Waals surface area contributed by atoms with Gasteiger partial charge in [-0.1, -0.05) is 6.07 Å². The molecule has 0 amide bonds. The molecule has 0 bridgehead atoms. The number of ether oxygens (including phenoxy) is 1. The van der Waals surface area contributed by atoms with Crippen LogP contribution in [0.25, 0.3) is 0 Å². The Morgan fingerprint density at radius 2 is 2.35 bits per heavy atom. The summed E-state index contributed by atoms with van der Waals surface area (Å²) in [5.41, 5.74) is 1.09. The number of methoxy groups -OCH3 is 1. The zero-order valence-electron chi connectivity index (χ0n) is 14.3. The van der Waals surface area contributed by atoms with Gasteiger partial charge in [0.05, 0.1) is 6.61 Å². The van der Waals surface area contributed by atoms with Gasteiger partial charge in [0.25, 0.3) is 0 Å². The average molecular weight is 319 g/mol. The SMILES string of the molecule is CN=C(NCCc1ccccn1)NCC1CCCN1CCOC. The Hall–Kier alpha value is -1.66. The molecular weight excluding hydrogens is 290 g/mol. The van der Waals surface area contributed by atoms with E-state index in [1.165, 1.54) is 19.4 Å². The molecule has 2 rings (SSSR count). The normalized spacial score (nSPS) is 19.0. The summed E-state index contributed by atoms with van der Waals surface area (Å²) in [5, 5.41) is 6.80. The lowest BCUT2D eigenvalue weighted by Gasteiger charge is -2.25. The molecule has 2 heterocycles. The third-order valence-corrected chi connectivity index (χ3v) is 4.21. The number of hydrogen-bond donors (Lipinski definition) is 2. The Morgan fingerprint density at radius 3 is 3.09 bits per heavy atom. The van der Waals surface area contributed by atoms with Gasteiger partial charge >= 0.3 is 0 Å². The summed E-state index contributed by atoms with van der Waals surface area (Å²) in [5.74, 6) is 0.861.